The van der Waals surface area contributed by atoms with Gasteiger partial charge < -0.3 is 0 Å². The van der Waals surface area contributed by atoms with Gasteiger partial charge in [0.25, 0.3) is 0 Å². The van der Waals surface area contributed by atoms with Crippen molar-refractivity contribution in [2.45, 2.75) is 11.2 Å². The van der Waals surface area contributed by atoms with Gasteiger partial charge in [0, 0.05) is 10.4 Å². The number of hydrogen-bond acceptors (Lipinski definition) is 1. The molecule has 1 unspecified atom stereocenters. The molecular formula is C10H11BrF2S. The maximum Gasteiger partial charge on any atom is 0.130 e. The number of thioether (sulfide) groups is 1. The summed E-state index contributed by atoms with van der Waals surface area (Å²) in [5.74, 6) is -0.0788. The third-order valence-corrected chi connectivity index (χ3v) is 3.45. The monoisotopic (exact) mass is 280 g/mol. The standard InChI is InChI=1S/C10H11BrF2S/c1-14-6-5-7(11)10-8(12)3-2-4-9(10)13/h2-4,7H,5-6H2,1H3. The van der Waals surface area contributed by atoms with Gasteiger partial charge in [-0.2, -0.15) is 11.8 Å². The van der Waals surface area contributed by atoms with E-state index in [1.807, 2.05) is 6.26 Å². The quantitative estimate of drug-likeness (QED) is 0.747. The fourth-order valence-corrected chi connectivity index (χ4v) is 2.62. The Bertz CT molecular complexity index is 284. The third kappa shape index (κ3) is 2.95. The van der Waals surface area contributed by atoms with Crippen LogP contribution < -0.4 is 0 Å². The van der Waals surface area contributed by atoms with E-state index < -0.39 is 11.6 Å². The highest BCUT2D eigenvalue weighted by molar-refractivity contribution is 9.09. The fraction of sp³-hybridized carbons (Fsp3) is 0.400. The first kappa shape index (κ1) is 12.0. The maximum absolute atomic E-state index is 13.3. The molecule has 0 N–H and O–H groups in total. The number of halogens is 3. The topological polar surface area (TPSA) is 0 Å². The van der Waals surface area contributed by atoms with Gasteiger partial charge in [-0.05, 0) is 30.6 Å². The van der Waals surface area contributed by atoms with E-state index in [0.717, 1.165) is 12.2 Å². The summed E-state index contributed by atoms with van der Waals surface area (Å²) in [5, 5.41) is 0. The Morgan fingerprint density at radius 1 is 1.36 bits per heavy atom. The molecule has 1 aromatic carbocycles. The Labute approximate surface area is 95.2 Å². The van der Waals surface area contributed by atoms with Crippen LogP contribution in [0.1, 0.15) is 16.8 Å². The van der Waals surface area contributed by atoms with Crippen molar-refractivity contribution in [1.82, 2.24) is 0 Å². The second-order valence-corrected chi connectivity index (χ2v) is 4.98. The van der Waals surface area contributed by atoms with Crippen LogP contribution in [-0.4, -0.2) is 12.0 Å². The summed E-state index contributed by atoms with van der Waals surface area (Å²) >= 11 is 4.96. The van der Waals surface area contributed by atoms with E-state index in [1.54, 1.807) is 11.8 Å². The minimum atomic E-state index is -0.479. The van der Waals surface area contributed by atoms with Crippen molar-refractivity contribution in [3.05, 3.63) is 35.4 Å². The first-order chi connectivity index (χ1) is 6.66. The second-order valence-electron chi connectivity index (χ2n) is 2.88. The predicted octanol–water partition coefficient (Wildman–Crippen LogP) is 4.15. The third-order valence-electron chi connectivity index (χ3n) is 1.89. The average molecular weight is 281 g/mol. The highest BCUT2D eigenvalue weighted by atomic mass is 79.9. The summed E-state index contributed by atoms with van der Waals surface area (Å²) in [6.07, 6.45) is 2.69. The SMILES string of the molecule is CSCCC(Br)c1c(F)cccc1F. The normalized spacial score (nSPS) is 12.9. The maximum atomic E-state index is 13.3. The highest BCUT2D eigenvalue weighted by Crippen LogP contribution is 2.31. The molecular weight excluding hydrogens is 270 g/mol. The van der Waals surface area contributed by atoms with Crippen molar-refractivity contribution in [1.29, 1.82) is 0 Å². The molecule has 0 heterocycles. The van der Waals surface area contributed by atoms with Crippen LogP contribution >= 0.6 is 27.7 Å². The van der Waals surface area contributed by atoms with E-state index in [-0.39, 0.29) is 10.4 Å². The van der Waals surface area contributed by atoms with Gasteiger partial charge in [0.1, 0.15) is 11.6 Å². The summed E-state index contributed by atoms with van der Waals surface area (Å²) in [6, 6.07) is 3.94. The number of hydrogen-bond donors (Lipinski definition) is 0. The molecule has 4 heteroatoms. The molecule has 0 radical (unpaired) electrons. The molecule has 78 valence electrons. The Hall–Kier alpha value is -0.0900. The first-order valence-electron chi connectivity index (χ1n) is 4.23. The second kappa shape index (κ2) is 5.71. The molecule has 0 aliphatic rings. The molecule has 0 bridgehead atoms. The minimum Gasteiger partial charge on any atom is -0.207 e. The van der Waals surface area contributed by atoms with Crippen molar-refractivity contribution >= 4 is 27.7 Å². The lowest BCUT2D eigenvalue weighted by Gasteiger charge is -2.11. The zero-order valence-electron chi connectivity index (χ0n) is 7.77. The summed E-state index contributed by atoms with van der Waals surface area (Å²) < 4.78 is 26.5. The van der Waals surface area contributed by atoms with E-state index in [4.69, 9.17) is 0 Å². The molecule has 0 fully saturated rings. The van der Waals surface area contributed by atoms with E-state index in [9.17, 15) is 8.78 Å². The van der Waals surface area contributed by atoms with Gasteiger partial charge in [0.15, 0.2) is 0 Å². The van der Waals surface area contributed by atoms with Crippen molar-refractivity contribution in [3.8, 4) is 0 Å². The summed E-state index contributed by atoms with van der Waals surface area (Å²) in [4.78, 5) is -0.240. The molecule has 0 aromatic heterocycles. The van der Waals surface area contributed by atoms with Gasteiger partial charge in [0.05, 0.1) is 0 Å². The Morgan fingerprint density at radius 2 is 1.93 bits per heavy atom. The molecule has 0 saturated heterocycles. The summed E-state index contributed by atoms with van der Waals surface area (Å²) in [6.45, 7) is 0. The summed E-state index contributed by atoms with van der Waals surface area (Å²) in [5.41, 5.74) is 0.140. The average Bonchev–Trinajstić information content (AvgIpc) is 2.14. The van der Waals surface area contributed by atoms with Crippen molar-refractivity contribution in [3.63, 3.8) is 0 Å². The van der Waals surface area contributed by atoms with Crippen LogP contribution in [0.2, 0.25) is 0 Å². The minimum absolute atomic E-state index is 0.140. The van der Waals surface area contributed by atoms with Crippen LogP contribution in [0.3, 0.4) is 0 Å². The van der Waals surface area contributed by atoms with Crippen LogP contribution in [0, 0.1) is 11.6 Å². The lowest BCUT2D eigenvalue weighted by atomic mass is 10.1. The van der Waals surface area contributed by atoms with E-state index in [2.05, 4.69) is 15.9 Å². The molecule has 1 atom stereocenters. The zero-order chi connectivity index (χ0) is 10.6. The van der Waals surface area contributed by atoms with Crippen LogP contribution in [0.15, 0.2) is 18.2 Å². The van der Waals surface area contributed by atoms with Gasteiger partial charge in [-0.3, -0.25) is 0 Å². The van der Waals surface area contributed by atoms with Gasteiger partial charge in [0.2, 0.25) is 0 Å². The molecule has 0 aliphatic carbocycles. The lowest BCUT2D eigenvalue weighted by Crippen LogP contribution is -1.99. The number of alkyl halides is 1. The van der Waals surface area contributed by atoms with E-state index in [0.29, 0.717) is 0 Å². The van der Waals surface area contributed by atoms with Crippen LogP contribution in [-0.2, 0) is 0 Å². The van der Waals surface area contributed by atoms with Gasteiger partial charge >= 0.3 is 0 Å². The van der Waals surface area contributed by atoms with Gasteiger partial charge in [-0.25, -0.2) is 8.78 Å². The van der Waals surface area contributed by atoms with Crippen LogP contribution in [0.5, 0.6) is 0 Å². The largest absolute Gasteiger partial charge is 0.207 e. The summed E-state index contributed by atoms with van der Waals surface area (Å²) in [7, 11) is 0. The zero-order valence-corrected chi connectivity index (χ0v) is 10.2. The number of rotatable bonds is 4. The van der Waals surface area contributed by atoms with Crippen LogP contribution in [0.4, 0.5) is 8.78 Å². The molecule has 0 nitrogen and oxygen atoms in total. The molecule has 1 rings (SSSR count). The molecule has 1 aromatic rings. The van der Waals surface area contributed by atoms with Crippen molar-refractivity contribution in [2.24, 2.45) is 0 Å². The molecule has 0 aliphatic heterocycles. The Balaban J connectivity index is 2.82. The van der Waals surface area contributed by atoms with E-state index >= 15 is 0 Å². The number of benzene rings is 1. The van der Waals surface area contributed by atoms with E-state index in [1.165, 1.54) is 18.2 Å². The molecule has 0 saturated carbocycles. The van der Waals surface area contributed by atoms with Crippen molar-refractivity contribution in [2.75, 3.05) is 12.0 Å². The predicted molar refractivity (Wildman–Crippen MR) is 61.0 cm³/mol. The van der Waals surface area contributed by atoms with Crippen molar-refractivity contribution < 1.29 is 8.78 Å². The van der Waals surface area contributed by atoms with Gasteiger partial charge in [-0.15, -0.1) is 0 Å². The van der Waals surface area contributed by atoms with Crippen LogP contribution in [0.25, 0.3) is 0 Å². The lowest BCUT2D eigenvalue weighted by molar-refractivity contribution is 0.552. The van der Waals surface area contributed by atoms with Gasteiger partial charge in [-0.1, -0.05) is 22.0 Å². The smallest absolute Gasteiger partial charge is 0.130 e. The first-order valence-corrected chi connectivity index (χ1v) is 6.54. The molecule has 0 spiro atoms. The Kier molecular flexibility index (Phi) is 4.89. The highest BCUT2D eigenvalue weighted by Gasteiger charge is 2.16. The molecule has 14 heavy (non-hydrogen) atoms. The Morgan fingerprint density at radius 3 is 2.43 bits per heavy atom. The molecule has 0 amide bonds. The fourth-order valence-electron chi connectivity index (χ4n) is 1.18.